The van der Waals surface area contributed by atoms with Crippen LogP contribution in [0.15, 0.2) is 23.1 Å². The normalized spacial score (nSPS) is 12.3. The van der Waals surface area contributed by atoms with Crippen molar-refractivity contribution in [2.45, 2.75) is 16.6 Å². The number of rotatable bonds is 3. The summed E-state index contributed by atoms with van der Waals surface area (Å²) >= 11 is 7.45. The minimum absolute atomic E-state index is 0.00824. The lowest BCUT2D eigenvalue weighted by Gasteiger charge is -2.07. The van der Waals surface area contributed by atoms with Crippen molar-refractivity contribution in [2.75, 3.05) is 7.11 Å². The van der Waals surface area contributed by atoms with E-state index < -0.39 is 0 Å². The average molecular weight is 275 g/mol. The van der Waals surface area contributed by atoms with Crippen LogP contribution in [-0.2, 0) is 0 Å². The number of carbonyl (C=O) groups is 1. The molecule has 14 heavy (non-hydrogen) atoms. The SMILES string of the molecule is COc1ccc(S)c(C(=O)C(C)Br)c1. The fourth-order valence-electron chi connectivity index (χ4n) is 1.05. The maximum Gasteiger partial charge on any atom is 0.177 e. The summed E-state index contributed by atoms with van der Waals surface area (Å²) in [6.45, 7) is 1.79. The van der Waals surface area contributed by atoms with Gasteiger partial charge >= 0.3 is 0 Å². The van der Waals surface area contributed by atoms with Crippen LogP contribution in [-0.4, -0.2) is 17.7 Å². The molecule has 0 spiro atoms. The van der Waals surface area contributed by atoms with Crippen LogP contribution in [0.4, 0.5) is 0 Å². The molecule has 0 saturated carbocycles. The van der Waals surface area contributed by atoms with Crippen LogP contribution < -0.4 is 4.74 Å². The third-order valence-electron chi connectivity index (χ3n) is 1.83. The number of methoxy groups -OCH3 is 1. The van der Waals surface area contributed by atoms with Crippen molar-refractivity contribution < 1.29 is 9.53 Å². The molecule has 1 aromatic rings. The topological polar surface area (TPSA) is 26.3 Å². The van der Waals surface area contributed by atoms with Crippen molar-refractivity contribution in [3.63, 3.8) is 0 Å². The first-order chi connectivity index (χ1) is 6.56. The lowest BCUT2D eigenvalue weighted by Crippen LogP contribution is -2.10. The van der Waals surface area contributed by atoms with Gasteiger partial charge in [0.1, 0.15) is 5.75 Å². The molecule has 0 aliphatic heterocycles. The summed E-state index contributed by atoms with van der Waals surface area (Å²) in [6, 6.07) is 5.23. The van der Waals surface area contributed by atoms with Crippen LogP contribution >= 0.6 is 28.6 Å². The first kappa shape index (κ1) is 11.6. The van der Waals surface area contributed by atoms with Gasteiger partial charge in [0.15, 0.2) is 5.78 Å². The number of ketones is 1. The maximum atomic E-state index is 11.7. The van der Waals surface area contributed by atoms with E-state index in [0.717, 1.165) is 0 Å². The number of benzene rings is 1. The predicted molar refractivity (Wildman–Crippen MR) is 63.0 cm³/mol. The molecule has 0 amide bonds. The molecule has 0 bridgehead atoms. The Morgan fingerprint density at radius 1 is 1.57 bits per heavy atom. The van der Waals surface area contributed by atoms with Crippen molar-refractivity contribution in [3.8, 4) is 5.75 Å². The summed E-state index contributed by atoms with van der Waals surface area (Å²) in [5, 5.41) is 0. The molecule has 0 N–H and O–H groups in total. The molecule has 0 fully saturated rings. The molecule has 2 nitrogen and oxygen atoms in total. The fourth-order valence-corrected chi connectivity index (χ4v) is 1.55. The van der Waals surface area contributed by atoms with Gasteiger partial charge in [0, 0.05) is 10.5 Å². The van der Waals surface area contributed by atoms with Crippen LogP contribution in [0.1, 0.15) is 17.3 Å². The van der Waals surface area contributed by atoms with Crippen LogP contribution in [0.25, 0.3) is 0 Å². The van der Waals surface area contributed by atoms with E-state index in [4.69, 9.17) is 4.74 Å². The number of carbonyl (C=O) groups excluding carboxylic acids is 1. The molecule has 0 radical (unpaired) electrons. The highest BCUT2D eigenvalue weighted by atomic mass is 79.9. The summed E-state index contributed by atoms with van der Waals surface area (Å²) in [6.07, 6.45) is 0. The second-order valence-electron chi connectivity index (χ2n) is 2.86. The molecular weight excluding hydrogens is 264 g/mol. The van der Waals surface area contributed by atoms with Crippen molar-refractivity contribution in [1.29, 1.82) is 0 Å². The van der Waals surface area contributed by atoms with E-state index in [1.807, 2.05) is 0 Å². The van der Waals surface area contributed by atoms with E-state index in [9.17, 15) is 4.79 Å². The molecule has 1 unspecified atom stereocenters. The Bertz CT molecular complexity index is 350. The van der Waals surface area contributed by atoms with Gasteiger partial charge in [0.2, 0.25) is 0 Å². The Hall–Kier alpha value is -0.480. The van der Waals surface area contributed by atoms with Gasteiger partial charge in [0.05, 0.1) is 11.9 Å². The number of halogens is 1. The summed E-state index contributed by atoms with van der Waals surface area (Å²) in [7, 11) is 1.57. The third kappa shape index (κ3) is 2.51. The van der Waals surface area contributed by atoms with E-state index in [2.05, 4.69) is 28.6 Å². The fraction of sp³-hybridized carbons (Fsp3) is 0.300. The lowest BCUT2D eigenvalue weighted by molar-refractivity contribution is 0.0993. The minimum Gasteiger partial charge on any atom is -0.497 e. The smallest absolute Gasteiger partial charge is 0.177 e. The van der Waals surface area contributed by atoms with E-state index in [1.165, 1.54) is 0 Å². The molecule has 0 heterocycles. The van der Waals surface area contributed by atoms with Crippen molar-refractivity contribution in [2.24, 2.45) is 0 Å². The Kier molecular flexibility index (Phi) is 4.01. The van der Waals surface area contributed by atoms with Gasteiger partial charge in [-0.05, 0) is 25.1 Å². The van der Waals surface area contributed by atoms with Gasteiger partial charge in [-0.2, -0.15) is 0 Å². The molecule has 0 saturated heterocycles. The second-order valence-corrected chi connectivity index (χ2v) is 4.72. The van der Waals surface area contributed by atoms with Crippen molar-refractivity contribution in [3.05, 3.63) is 23.8 Å². The number of ether oxygens (including phenoxy) is 1. The van der Waals surface area contributed by atoms with Gasteiger partial charge in [0.25, 0.3) is 0 Å². The Morgan fingerprint density at radius 2 is 2.21 bits per heavy atom. The average Bonchev–Trinajstić information content (AvgIpc) is 2.17. The monoisotopic (exact) mass is 274 g/mol. The molecule has 1 rings (SSSR count). The van der Waals surface area contributed by atoms with Gasteiger partial charge in [-0.1, -0.05) is 15.9 Å². The summed E-state index contributed by atoms with van der Waals surface area (Å²) in [4.78, 5) is 12.1. The van der Waals surface area contributed by atoms with Crippen molar-refractivity contribution >= 4 is 34.3 Å². The quantitative estimate of drug-likeness (QED) is 0.521. The first-order valence-electron chi connectivity index (χ1n) is 4.11. The number of hydrogen-bond acceptors (Lipinski definition) is 3. The summed E-state index contributed by atoms with van der Waals surface area (Å²) in [5.41, 5.74) is 0.581. The molecule has 4 heteroatoms. The second kappa shape index (κ2) is 4.84. The Labute approximate surface area is 97.2 Å². The Morgan fingerprint density at radius 3 is 2.71 bits per heavy atom. The van der Waals surface area contributed by atoms with Gasteiger partial charge in [-0.3, -0.25) is 4.79 Å². The van der Waals surface area contributed by atoms with Gasteiger partial charge in [-0.15, -0.1) is 12.6 Å². The standard InChI is InChI=1S/C10H11BrO2S/c1-6(11)10(12)8-5-7(13-2)3-4-9(8)14/h3-6,14H,1-2H3. The lowest BCUT2D eigenvalue weighted by atomic mass is 10.1. The molecule has 0 aromatic heterocycles. The van der Waals surface area contributed by atoms with E-state index in [-0.39, 0.29) is 10.6 Å². The third-order valence-corrected chi connectivity index (χ3v) is 2.64. The molecular formula is C10H11BrO2S. The van der Waals surface area contributed by atoms with E-state index in [1.54, 1.807) is 32.2 Å². The highest BCUT2D eigenvalue weighted by Crippen LogP contribution is 2.23. The zero-order valence-corrected chi connectivity index (χ0v) is 10.4. The number of Topliss-reactive ketones (excluding diaryl/α,β-unsaturated/α-hetero) is 1. The first-order valence-corrected chi connectivity index (χ1v) is 5.48. The van der Waals surface area contributed by atoms with E-state index >= 15 is 0 Å². The van der Waals surface area contributed by atoms with Crippen molar-refractivity contribution in [1.82, 2.24) is 0 Å². The Balaban J connectivity index is 3.12. The number of hydrogen-bond donors (Lipinski definition) is 1. The molecule has 1 atom stereocenters. The predicted octanol–water partition coefficient (Wildman–Crippen LogP) is 2.95. The van der Waals surface area contributed by atoms with Gasteiger partial charge < -0.3 is 4.74 Å². The van der Waals surface area contributed by atoms with Crippen LogP contribution in [0.5, 0.6) is 5.75 Å². The zero-order valence-electron chi connectivity index (χ0n) is 7.95. The zero-order chi connectivity index (χ0) is 10.7. The number of thiol groups is 1. The van der Waals surface area contributed by atoms with Crippen LogP contribution in [0.3, 0.4) is 0 Å². The van der Waals surface area contributed by atoms with Crippen LogP contribution in [0.2, 0.25) is 0 Å². The largest absolute Gasteiger partial charge is 0.497 e. The molecule has 76 valence electrons. The minimum atomic E-state index is -0.208. The highest BCUT2D eigenvalue weighted by molar-refractivity contribution is 9.10. The molecule has 1 aromatic carbocycles. The van der Waals surface area contributed by atoms with Crippen LogP contribution in [0, 0.1) is 0 Å². The van der Waals surface area contributed by atoms with Gasteiger partial charge in [-0.25, -0.2) is 0 Å². The number of alkyl halides is 1. The van der Waals surface area contributed by atoms with E-state index in [0.29, 0.717) is 16.2 Å². The summed E-state index contributed by atoms with van der Waals surface area (Å²) in [5.74, 6) is 0.674. The molecule has 0 aliphatic carbocycles. The molecule has 0 aliphatic rings. The highest BCUT2D eigenvalue weighted by Gasteiger charge is 2.15. The summed E-state index contributed by atoms with van der Waals surface area (Å²) < 4.78 is 5.04. The maximum absolute atomic E-state index is 11.7.